The fraction of sp³-hybridized carbons (Fsp3) is 0.200. The summed E-state index contributed by atoms with van der Waals surface area (Å²) in [7, 11) is 0. The summed E-state index contributed by atoms with van der Waals surface area (Å²) in [5.74, 6) is 0.637. The summed E-state index contributed by atoms with van der Waals surface area (Å²) in [6, 6.07) is 3.82. The van der Waals surface area contributed by atoms with Crippen LogP contribution in [-0.2, 0) is 0 Å². The number of allylic oxidation sites excluding steroid dienone is 1. The summed E-state index contributed by atoms with van der Waals surface area (Å²) in [5.41, 5.74) is 1.93. The summed E-state index contributed by atoms with van der Waals surface area (Å²) in [6.45, 7) is 3.74. The minimum Gasteiger partial charge on any atom is -0.329 e. The molecule has 2 heterocycles. The molecule has 2 rings (SSSR count). The number of aryl methyl sites for hydroxylation is 2. The smallest absolute Gasteiger partial charge is 0.227 e. The van der Waals surface area contributed by atoms with Crippen LogP contribution in [-0.4, -0.2) is 30.6 Å². The zero-order chi connectivity index (χ0) is 13.0. The molecule has 18 heavy (non-hydrogen) atoms. The number of H-pyrrole nitrogens is 1. The summed E-state index contributed by atoms with van der Waals surface area (Å²) in [5, 5.41) is 24.9. The van der Waals surface area contributed by atoms with E-state index in [4.69, 9.17) is 5.26 Å². The van der Waals surface area contributed by atoms with Crippen molar-refractivity contribution < 1.29 is 0 Å². The summed E-state index contributed by atoms with van der Waals surface area (Å²) in [6.07, 6.45) is 1.44. The highest BCUT2D eigenvalue weighted by Crippen LogP contribution is 2.08. The van der Waals surface area contributed by atoms with E-state index in [0.29, 0.717) is 5.95 Å². The lowest BCUT2D eigenvalue weighted by Gasteiger charge is -2.02. The Morgan fingerprint density at radius 2 is 2.11 bits per heavy atom. The van der Waals surface area contributed by atoms with E-state index < -0.39 is 0 Å². The van der Waals surface area contributed by atoms with Gasteiger partial charge in [0.15, 0.2) is 0 Å². The van der Waals surface area contributed by atoms with Crippen LogP contribution in [0.5, 0.6) is 0 Å². The number of tetrazole rings is 1. The molecule has 0 spiro atoms. The maximum absolute atomic E-state index is 8.96. The molecule has 8 nitrogen and oxygen atoms in total. The third-order valence-electron chi connectivity index (χ3n) is 2.03. The third-order valence-corrected chi connectivity index (χ3v) is 2.03. The van der Waals surface area contributed by atoms with Crippen LogP contribution in [0.3, 0.4) is 0 Å². The predicted octanol–water partition coefficient (Wildman–Crippen LogP) is 0.583. The predicted molar refractivity (Wildman–Crippen MR) is 62.9 cm³/mol. The molecule has 2 aromatic rings. The first-order valence-corrected chi connectivity index (χ1v) is 5.12. The average Bonchev–Trinajstić information content (AvgIpc) is 2.82. The van der Waals surface area contributed by atoms with E-state index in [2.05, 4.69) is 35.9 Å². The van der Waals surface area contributed by atoms with Crippen LogP contribution in [0.1, 0.15) is 17.2 Å². The number of hydrogen-bond donors (Lipinski definition) is 2. The van der Waals surface area contributed by atoms with Gasteiger partial charge in [-0.1, -0.05) is 0 Å². The van der Waals surface area contributed by atoms with Gasteiger partial charge in [0.05, 0.1) is 0 Å². The second kappa shape index (κ2) is 5.01. The molecule has 0 unspecified atom stereocenters. The Kier molecular flexibility index (Phi) is 3.24. The van der Waals surface area contributed by atoms with Crippen molar-refractivity contribution in [3.05, 3.63) is 29.5 Å². The van der Waals surface area contributed by atoms with Crippen molar-refractivity contribution in [2.24, 2.45) is 0 Å². The zero-order valence-electron chi connectivity index (χ0n) is 9.84. The molecular weight excluding hydrogens is 232 g/mol. The minimum atomic E-state index is 0.217. The van der Waals surface area contributed by atoms with Crippen molar-refractivity contribution in [1.82, 2.24) is 30.6 Å². The first-order chi connectivity index (χ1) is 8.69. The Morgan fingerprint density at radius 1 is 1.39 bits per heavy atom. The molecule has 2 aromatic heterocycles. The van der Waals surface area contributed by atoms with Crippen LogP contribution in [0.4, 0.5) is 5.95 Å². The lowest BCUT2D eigenvalue weighted by atomic mass is 10.3. The van der Waals surface area contributed by atoms with E-state index in [1.165, 1.54) is 6.20 Å². The standard InChI is InChI=1S/C10H10N8/c1-6-3-7(2)14-10(13-6)12-5-8(4-11)9-15-17-18-16-9/h3,5H,1-2H3,(H,12,13,14)(H,15,16,17,18). The van der Waals surface area contributed by atoms with Gasteiger partial charge >= 0.3 is 0 Å². The topological polar surface area (TPSA) is 116 Å². The molecule has 2 N–H and O–H groups in total. The summed E-state index contributed by atoms with van der Waals surface area (Å²) in [4.78, 5) is 8.36. The van der Waals surface area contributed by atoms with Crippen molar-refractivity contribution >= 4 is 11.5 Å². The highest BCUT2D eigenvalue weighted by molar-refractivity contribution is 5.73. The molecule has 0 aliphatic rings. The summed E-state index contributed by atoms with van der Waals surface area (Å²) < 4.78 is 0. The van der Waals surface area contributed by atoms with E-state index in [-0.39, 0.29) is 11.4 Å². The van der Waals surface area contributed by atoms with Gasteiger partial charge in [-0.2, -0.15) is 10.5 Å². The van der Waals surface area contributed by atoms with Crippen LogP contribution < -0.4 is 5.32 Å². The number of anilines is 1. The van der Waals surface area contributed by atoms with E-state index >= 15 is 0 Å². The minimum absolute atomic E-state index is 0.217. The molecule has 0 saturated heterocycles. The maximum Gasteiger partial charge on any atom is 0.227 e. The quantitative estimate of drug-likeness (QED) is 0.756. The molecule has 0 saturated carbocycles. The lowest BCUT2D eigenvalue weighted by molar-refractivity contribution is 0.881. The van der Waals surface area contributed by atoms with Crippen molar-refractivity contribution in [2.75, 3.05) is 5.32 Å². The fourth-order valence-electron chi connectivity index (χ4n) is 1.35. The Balaban J connectivity index is 2.21. The van der Waals surface area contributed by atoms with E-state index in [1.54, 1.807) is 0 Å². The highest BCUT2D eigenvalue weighted by atomic mass is 15.5. The van der Waals surface area contributed by atoms with Crippen molar-refractivity contribution in [3.63, 3.8) is 0 Å². The van der Waals surface area contributed by atoms with Gasteiger partial charge in [-0.15, -0.1) is 10.2 Å². The van der Waals surface area contributed by atoms with E-state index in [1.807, 2.05) is 26.0 Å². The van der Waals surface area contributed by atoms with Gasteiger partial charge < -0.3 is 5.32 Å². The fourth-order valence-corrected chi connectivity index (χ4v) is 1.35. The first-order valence-electron chi connectivity index (χ1n) is 5.12. The van der Waals surface area contributed by atoms with Gasteiger partial charge in [0.1, 0.15) is 11.6 Å². The van der Waals surface area contributed by atoms with Crippen LogP contribution in [0.25, 0.3) is 5.57 Å². The van der Waals surface area contributed by atoms with Crippen LogP contribution in [0.2, 0.25) is 0 Å². The van der Waals surface area contributed by atoms with Gasteiger partial charge in [-0.25, -0.2) is 9.97 Å². The normalized spacial score (nSPS) is 11.1. The van der Waals surface area contributed by atoms with Gasteiger partial charge in [-0.05, 0) is 25.1 Å². The van der Waals surface area contributed by atoms with Crippen LogP contribution in [0.15, 0.2) is 12.3 Å². The van der Waals surface area contributed by atoms with Gasteiger partial charge in [0.25, 0.3) is 0 Å². The Bertz CT molecular complexity index is 587. The second-order valence-corrected chi connectivity index (χ2v) is 3.52. The highest BCUT2D eigenvalue weighted by Gasteiger charge is 2.06. The molecular formula is C10H10N8. The molecule has 0 aliphatic heterocycles. The molecule has 0 aliphatic carbocycles. The van der Waals surface area contributed by atoms with Crippen molar-refractivity contribution in [1.29, 1.82) is 5.26 Å². The molecule has 0 aromatic carbocycles. The van der Waals surface area contributed by atoms with Gasteiger partial charge in [0.2, 0.25) is 11.8 Å². The van der Waals surface area contributed by atoms with Crippen molar-refractivity contribution in [2.45, 2.75) is 13.8 Å². The van der Waals surface area contributed by atoms with E-state index in [0.717, 1.165) is 11.4 Å². The largest absolute Gasteiger partial charge is 0.329 e. The maximum atomic E-state index is 8.96. The number of aromatic nitrogens is 6. The number of aromatic amines is 1. The molecule has 8 heteroatoms. The van der Waals surface area contributed by atoms with Gasteiger partial charge in [-0.3, -0.25) is 0 Å². The zero-order valence-corrected chi connectivity index (χ0v) is 9.84. The molecule has 0 atom stereocenters. The number of nitriles is 1. The first kappa shape index (κ1) is 11.7. The van der Waals surface area contributed by atoms with Crippen molar-refractivity contribution in [3.8, 4) is 6.07 Å². The number of nitrogens with one attached hydrogen (secondary N) is 2. The molecule has 0 bridgehead atoms. The van der Waals surface area contributed by atoms with E-state index in [9.17, 15) is 0 Å². The lowest BCUT2D eigenvalue weighted by Crippen LogP contribution is -2.00. The SMILES string of the molecule is Cc1cc(C)nc(NC=C(C#N)c2nn[nH]n2)n1. The molecule has 0 radical (unpaired) electrons. The second-order valence-electron chi connectivity index (χ2n) is 3.52. The Labute approximate surface area is 103 Å². The van der Waals surface area contributed by atoms with Crippen LogP contribution >= 0.6 is 0 Å². The molecule has 0 fully saturated rings. The Morgan fingerprint density at radius 3 is 2.67 bits per heavy atom. The molecule has 90 valence electrons. The van der Waals surface area contributed by atoms with Crippen LogP contribution in [0, 0.1) is 25.2 Å². The number of rotatable bonds is 3. The number of nitrogens with zero attached hydrogens (tertiary/aromatic N) is 6. The van der Waals surface area contributed by atoms with Gasteiger partial charge in [0, 0.05) is 17.6 Å². The molecule has 0 amide bonds. The number of hydrogen-bond acceptors (Lipinski definition) is 7. The monoisotopic (exact) mass is 242 g/mol. The average molecular weight is 242 g/mol. The third kappa shape index (κ3) is 2.65. The Hall–Kier alpha value is -2.82. The summed E-state index contributed by atoms with van der Waals surface area (Å²) >= 11 is 0.